The Morgan fingerprint density at radius 3 is 1.86 bits per heavy atom. The first kappa shape index (κ1) is 11.2. The van der Waals surface area contributed by atoms with Crippen LogP contribution in [-0.2, 0) is 0 Å². The smallest absolute Gasteiger partial charge is 0.0557 e. The van der Waals surface area contributed by atoms with Gasteiger partial charge in [0.25, 0.3) is 0 Å². The number of rotatable bonds is 2. The van der Waals surface area contributed by atoms with E-state index in [1.165, 1.54) is 11.3 Å². The molecule has 0 spiro atoms. The molecule has 1 heterocycles. The average molecular weight is 194 g/mol. The van der Waals surface area contributed by atoms with Crippen LogP contribution in [0, 0.1) is 5.92 Å². The van der Waals surface area contributed by atoms with E-state index in [1.807, 2.05) is 0 Å². The largest absolute Gasteiger partial charge is 0.292 e. The molecule has 1 aliphatic rings. The van der Waals surface area contributed by atoms with E-state index in [0.717, 1.165) is 5.70 Å². The molecule has 0 bridgehead atoms. The molecular formula is C12H22N2. The molecule has 0 saturated carbocycles. The molecule has 0 unspecified atom stereocenters. The highest BCUT2D eigenvalue weighted by molar-refractivity contribution is 5.37. The van der Waals surface area contributed by atoms with Gasteiger partial charge in [0, 0.05) is 18.8 Å². The molecule has 0 saturated heterocycles. The molecule has 0 N–H and O–H groups in total. The third-order valence-electron chi connectivity index (χ3n) is 2.85. The van der Waals surface area contributed by atoms with Crippen LogP contribution in [0.1, 0.15) is 34.6 Å². The van der Waals surface area contributed by atoms with E-state index in [-0.39, 0.29) is 0 Å². The normalized spacial score (nSPS) is 18.1. The van der Waals surface area contributed by atoms with Crippen LogP contribution in [0.15, 0.2) is 23.5 Å². The minimum absolute atomic E-state index is 0.471. The van der Waals surface area contributed by atoms with E-state index in [0.29, 0.717) is 12.0 Å². The second-order valence-electron chi connectivity index (χ2n) is 4.56. The number of nitrogens with zero attached hydrogens (tertiary/aromatic N) is 2. The Labute approximate surface area is 87.9 Å². The van der Waals surface area contributed by atoms with Crippen molar-refractivity contribution in [3.8, 4) is 0 Å². The number of hydrazine groups is 1. The van der Waals surface area contributed by atoms with Crippen molar-refractivity contribution in [3.63, 3.8) is 0 Å². The molecule has 0 atom stereocenters. The van der Waals surface area contributed by atoms with Crippen molar-refractivity contribution in [1.29, 1.82) is 0 Å². The van der Waals surface area contributed by atoms with E-state index < -0.39 is 0 Å². The lowest BCUT2D eigenvalue weighted by Crippen LogP contribution is -2.37. The molecule has 0 aliphatic carbocycles. The maximum Gasteiger partial charge on any atom is 0.0557 e. The number of hydrogen-bond acceptors (Lipinski definition) is 2. The van der Waals surface area contributed by atoms with Gasteiger partial charge in [-0.2, -0.15) is 0 Å². The van der Waals surface area contributed by atoms with E-state index in [2.05, 4.69) is 58.3 Å². The maximum atomic E-state index is 4.19. The molecule has 0 aromatic carbocycles. The second kappa shape index (κ2) is 3.68. The highest BCUT2D eigenvalue weighted by Gasteiger charge is 2.30. The van der Waals surface area contributed by atoms with Crippen molar-refractivity contribution >= 4 is 0 Å². The van der Waals surface area contributed by atoms with Gasteiger partial charge in [0.2, 0.25) is 0 Å². The Morgan fingerprint density at radius 1 is 1.14 bits per heavy atom. The molecule has 0 fully saturated rings. The van der Waals surface area contributed by atoms with Gasteiger partial charge < -0.3 is 0 Å². The quantitative estimate of drug-likeness (QED) is 0.666. The van der Waals surface area contributed by atoms with Gasteiger partial charge in [-0.25, -0.2) is 0 Å². The average Bonchev–Trinajstić information content (AvgIpc) is 2.23. The summed E-state index contributed by atoms with van der Waals surface area (Å²) in [5.41, 5.74) is 3.88. The monoisotopic (exact) mass is 194 g/mol. The summed E-state index contributed by atoms with van der Waals surface area (Å²) in [5.74, 6) is 0.550. The summed E-state index contributed by atoms with van der Waals surface area (Å²) in [7, 11) is 2.11. The molecule has 1 rings (SSSR count). The molecule has 2 nitrogen and oxygen atoms in total. The van der Waals surface area contributed by atoms with Crippen LogP contribution in [0.2, 0.25) is 0 Å². The van der Waals surface area contributed by atoms with Gasteiger partial charge in [-0.1, -0.05) is 20.4 Å². The lowest BCUT2D eigenvalue weighted by Gasteiger charge is -2.33. The maximum absolute atomic E-state index is 4.19. The van der Waals surface area contributed by atoms with E-state index in [1.54, 1.807) is 0 Å². The van der Waals surface area contributed by atoms with Gasteiger partial charge in [0.1, 0.15) is 0 Å². The third-order valence-corrected chi connectivity index (χ3v) is 2.85. The van der Waals surface area contributed by atoms with E-state index >= 15 is 0 Å². The van der Waals surface area contributed by atoms with Crippen molar-refractivity contribution in [3.05, 3.63) is 23.5 Å². The minimum atomic E-state index is 0.471. The third kappa shape index (κ3) is 1.54. The first-order valence-electron chi connectivity index (χ1n) is 5.30. The zero-order chi connectivity index (χ0) is 11.0. The zero-order valence-electron chi connectivity index (χ0n) is 10.3. The summed E-state index contributed by atoms with van der Waals surface area (Å²) in [6.45, 7) is 15.2. The summed E-state index contributed by atoms with van der Waals surface area (Å²) in [6.07, 6.45) is 0. The molecule has 14 heavy (non-hydrogen) atoms. The van der Waals surface area contributed by atoms with Crippen LogP contribution in [0.25, 0.3) is 0 Å². The Bertz CT molecular complexity index is 274. The van der Waals surface area contributed by atoms with Crippen molar-refractivity contribution < 1.29 is 0 Å². The highest BCUT2D eigenvalue weighted by Crippen LogP contribution is 2.35. The van der Waals surface area contributed by atoms with Crippen molar-refractivity contribution in [1.82, 2.24) is 10.0 Å². The predicted molar refractivity (Wildman–Crippen MR) is 61.4 cm³/mol. The standard InChI is InChI=1S/C12H22N2/c1-8(2)12-10(5)13(7)14(9(3)4)11(12)6/h8-9H,6H2,1-5,7H3. The highest BCUT2D eigenvalue weighted by atomic mass is 15.6. The van der Waals surface area contributed by atoms with Crippen LogP contribution < -0.4 is 0 Å². The topological polar surface area (TPSA) is 6.48 Å². The SMILES string of the molecule is C=C1C(C(C)C)=C(C)N(C)N1C(C)C. The fraction of sp³-hybridized carbons (Fsp3) is 0.667. The molecule has 0 radical (unpaired) electrons. The van der Waals surface area contributed by atoms with Crippen molar-refractivity contribution in [2.24, 2.45) is 5.92 Å². The lowest BCUT2D eigenvalue weighted by atomic mass is 9.99. The number of allylic oxidation sites excluding steroid dienone is 2. The summed E-state index contributed by atoms with van der Waals surface area (Å²) >= 11 is 0. The molecule has 2 heteroatoms. The van der Waals surface area contributed by atoms with E-state index in [9.17, 15) is 0 Å². The van der Waals surface area contributed by atoms with Crippen molar-refractivity contribution in [2.45, 2.75) is 40.7 Å². The summed E-state index contributed by atoms with van der Waals surface area (Å²) in [4.78, 5) is 0. The van der Waals surface area contributed by atoms with Gasteiger partial charge >= 0.3 is 0 Å². The van der Waals surface area contributed by atoms with Crippen molar-refractivity contribution in [2.75, 3.05) is 7.05 Å². The Kier molecular flexibility index (Phi) is 2.93. The van der Waals surface area contributed by atoms with Crippen LogP contribution in [-0.4, -0.2) is 23.1 Å². The van der Waals surface area contributed by atoms with Gasteiger partial charge in [0.05, 0.1) is 5.70 Å². The summed E-state index contributed by atoms with van der Waals surface area (Å²) < 4.78 is 0. The zero-order valence-corrected chi connectivity index (χ0v) is 10.3. The van der Waals surface area contributed by atoms with Gasteiger partial charge in [0.15, 0.2) is 0 Å². The minimum Gasteiger partial charge on any atom is -0.292 e. The molecule has 0 amide bonds. The molecule has 0 aromatic heterocycles. The van der Waals surface area contributed by atoms with Gasteiger partial charge in [-0.3, -0.25) is 10.0 Å². The van der Waals surface area contributed by atoms with Gasteiger partial charge in [-0.05, 0) is 32.3 Å². The molecule has 0 aromatic rings. The Balaban J connectivity index is 3.04. The van der Waals surface area contributed by atoms with Crippen LogP contribution in [0.4, 0.5) is 0 Å². The first-order valence-corrected chi connectivity index (χ1v) is 5.30. The van der Waals surface area contributed by atoms with Crippen LogP contribution in [0.3, 0.4) is 0 Å². The fourth-order valence-electron chi connectivity index (χ4n) is 2.26. The van der Waals surface area contributed by atoms with Crippen LogP contribution in [0.5, 0.6) is 0 Å². The Hall–Kier alpha value is -0.920. The fourth-order valence-corrected chi connectivity index (χ4v) is 2.26. The predicted octanol–water partition coefficient (Wildman–Crippen LogP) is 3.00. The number of hydrogen-bond donors (Lipinski definition) is 0. The first-order chi connectivity index (χ1) is 6.37. The summed E-state index contributed by atoms with van der Waals surface area (Å²) in [6, 6.07) is 0.471. The van der Waals surface area contributed by atoms with Crippen LogP contribution >= 0.6 is 0 Å². The van der Waals surface area contributed by atoms with E-state index in [4.69, 9.17) is 0 Å². The lowest BCUT2D eigenvalue weighted by molar-refractivity contribution is 0.0638. The molecule has 80 valence electrons. The molecule has 1 aliphatic heterocycles. The van der Waals surface area contributed by atoms with Gasteiger partial charge in [-0.15, -0.1) is 0 Å². The molecular weight excluding hydrogens is 172 g/mol. The Morgan fingerprint density at radius 2 is 1.64 bits per heavy atom. The second-order valence-corrected chi connectivity index (χ2v) is 4.56. The summed E-state index contributed by atoms with van der Waals surface area (Å²) in [5, 5.41) is 4.47.